The van der Waals surface area contributed by atoms with Gasteiger partial charge in [-0.05, 0) is 32.3 Å². The molecule has 5 heteroatoms. The molecule has 0 saturated carbocycles. The first-order valence-electron chi connectivity index (χ1n) is 6.46. The predicted molar refractivity (Wildman–Crippen MR) is 74.5 cm³/mol. The number of imidazole rings is 1. The number of anilines is 1. The lowest BCUT2D eigenvalue weighted by molar-refractivity contribution is 0.551. The molecule has 100 valence electrons. The minimum Gasteiger partial charge on any atom is -0.384 e. The molecule has 0 unspecified atom stereocenters. The number of nitriles is 1. The van der Waals surface area contributed by atoms with Gasteiger partial charge in [-0.3, -0.25) is 0 Å². The second-order valence-corrected chi connectivity index (χ2v) is 4.74. The van der Waals surface area contributed by atoms with Crippen LogP contribution in [0.25, 0.3) is 0 Å². The number of aryl methyl sites for hydroxylation is 1. The van der Waals surface area contributed by atoms with Crippen LogP contribution in [0.3, 0.4) is 0 Å². The van der Waals surface area contributed by atoms with E-state index in [0.29, 0.717) is 11.4 Å². The summed E-state index contributed by atoms with van der Waals surface area (Å²) < 4.78 is 4.11. The first-order valence-corrected chi connectivity index (χ1v) is 6.46. The van der Waals surface area contributed by atoms with Crippen molar-refractivity contribution >= 4 is 5.82 Å². The van der Waals surface area contributed by atoms with Crippen LogP contribution in [0.4, 0.5) is 5.82 Å². The minimum atomic E-state index is 0.597. The molecular formula is C14H19N5. The van der Waals surface area contributed by atoms with Crippen molar-refractivity contribution in [1.82, 2.24) is 14.1 Å². The number of nitrogen functional groups attached to an aromatic ring is 1. The second-order valence-electron chi connectivity index (χ2n) is 4.74. The summed E-state index contributed by atoms with van der Waals surface area (Å²) >= 11 is 0. The minimum absolute atomic E-state index is 0.597. The fraction of sp³-hybridized carbons (Fsp3) is 0.429. The highest BCUT2D eigenvalue weighted by molar-refractivity contribution is 5.57. The zero-order valence-corrected chi connectivity index (χ0v) is 11.4. The Morgan fingerprint density at radius 2 is 2.05 bits per heavy atom. The Bertz CT molecular complexity index is 586. The van der Waals surface area contributed by atoms with Crippen LogP contribution >= 0.6 is 0 Å². The molecule has 0 atom stereocenters. The van der Waals surface area contributed by atoms with Gasteiger partial charge in [-0.1, -0.05) is 0 Å². The third kappa shape index (κ3) is 2.63. The number of hydrogen-bond donors (Lipinski definition) is 1. The number of hydrogen-bond acceptors (Lipinski definition) is 3. The number of nitrogens with zero attached hydrogens (tertiary/aromatic N) is 4. The maximum absolute atomic E-state index is 9.08. The summed E-state index contributed by atoms with van der Waals surface area (Å²) in [5.74, 6) is 0.597. The Morgan fingerprint density at radius 3 is 2.63 bits per heavy atom. The third-order valence-corrected chi connectivity index (χ3v) is 3.59. The van der Waals surface area contributed by atoms with E-state index in [1.165, 1.54) is 0 Å². The second kappa shape index (κ2) is 5.61. The topological polar surface area (TPSA) is 72.6 Å². The number of nitrogens with two attached hydrogens (primary N) is 1. The first-order chi connectivity index (χ1) is 9.15. The van der Waals surface area contributed by atoms with Crippen LogP contribution in [0.2, 0.25) is 0 Å². The monoisotopic (exact) mass is 257 g/mol. The largest absolute Gasteiger partial charge is 0.384 e. The fourth-order valence-corrected chi connectivity index (χ4v) is 2.30. The zero-order valence-electron chi connectivity index (χ0n) is 11.4. The van der Waals surface area contributed by atoms with E-state index < -0.39 is 0 Å². The molecule has 0 aromatic carbocycles. The summed E-state index contributed by atoms with van der Waals surface area (Å²) in [7, 11) is 0. The Hall–Kier alpha value is -2.22. The summed E-state index contributed by atoms with van der Waals surface area (Å²) in [5, 5.41) is 9.08. The van der Waals surface area contributed by atoms with Crippen LogP contribution < -0.4 is 5.73 Å². The lowest BCUT2D eigenvalue weighted by Crippen LogP contribution is -2.06. The third-order valence-electron chi connectivity index (χ3n) is 3.59. The van der Waals surface area contributed by atoms with E-state index in [1.54, 1.807) is 6.20 Å². The molecule has 2 aromatic rings. The molecule has 19 heavy (non-hydrogen) atoms. The smallest absolute Gasteiger partial charge is 0.122 e. The molecule has 2 N–H and O–H groups in total. The zero-order chi connectivity index (χ0) is 13.8. The summed E-state index contributed by atoms with van der Waals surface area (Å²) in [4.78, 5) is 4.02. The molecule has 0 aliphatic heterocycles. The number of unbranched alkanes of at least 4 members (excludes halogenated alkanes) is 1. The summed E-state index contributed by atoms with van der Waals surface area (Å²) in [6, 6.07) is 2.18. The van der Waals surface area contributed by atoms with E-state index in [2.05, 4.69) is 15.6 Å². The molecule has 0 bridgehead atoms. The van der Waals surface area contributed by atoms with Crippen molar-refractivity contribution in [2.45, 2.75) is 39.8 Å². The van der Waals surface area contributed by atoms with Crippen molar-refractivity contribution in [3.05, 3.63) is 35.5 Å². The summed E-state index contributed by atoms with van der Waals surface area (Å²) in [5.41, 5.74) is 8.72. The SMILES string of the molecule is Cc1c(C#N)c(N)n(CCCCn2ccnc2)c1C. The molecular weight excluding hydrogens is 238 g/mol. The number of aromatic nitrogens is 3. The number of rotatable bonds is 5. The molecule has 0 radical (unpaired) electrons. The average Bonchev–Trinajstić information content (AvgIpc) is 2.97. The normalized spacial score (nSPS) is 10.6. The van der Waals surface area contributed by atoms with Crippen molar-refractivity contribution in [3.63, 3.8) is 0 Å². The molecule has 0 aliphatic carbocycles. The van der Waals surface area contributed by atoms with Crippen LogP contribution in [-0.4, -0.2) is 14.1 Å². The quantitative estimate of drug-likeness (QED) is 0.835. The standard InChI is InChI=1S/C14H19N5/c1-11-12(2)19(14(16)13(11)9-15)7-4-3-6-18-8-5-17-10-18/h5,8,10H,3-4,6-7,16H2,1-2H3. The lowest BCUT2D eigenvalue weighted by atomic mass is 10.2. The molecule has 5 nitrogen and oxygen atoms in total. The fourth-order valence-electron chi connectivity index (χ4n) is 2.30. The van der Waals surface area contributed by atoms with E-state index in [-0.39, 0.29) is 0 Å². The summed E-state index contributed by atoms with van der Waals surface area (Å²) in [6.07, 6.45) is 7.67. The first kappa shape index (κ1) is 13.2. The van der Waals surface area contributed by atoms with Gasteiger partial charge in [0, 0.05) is 31.2 Å². The Kier molecular flexibility index (Phi) is 3.91. The van der Waals surface area contributed by atoms with Gasteiger partial charge in [0.15, 0.2) is 0 Å². The van der Waals surface area contributed by atoms with Gasteiger partial charge >= 0.3 is 0 Å². The van der Waals surface area contributed by atoms with Gasteiger partial charge in [0.05, 0.1) is 11.9 Å². The van der Waals surface area contributed by atoms with E-state index in [4.69, 9.17) is 11.0 Å². The maximum Gasteiger partial charge on any atom is 0.122 e. The molecule has 0 aliphatic rings. The van der Waals surface area contributed by atoms with E-state index >= 15 is 0 Å². The van der Waals surface area contributed by atoms with Crippen molar-refractivity contribution in [2.24, 2.45) is 0 Å². The van der Waals surface area contributed by atoms with Crippen molar-refractivity contribution < 1.29 is 0 Å². The van der Waals surface area contributed by atoms with E-state index in [1.807, 2.05) is 30.9 Å². The van der Waals surface area contributed by atoms with Crippen LogP contribution in [0.15, 0.2) is 18.7 Å². The highest BCUT2D eigenvalue weighted by atomic mass is 15.1. The Labute approximate surface area is 113 Å². The van der Waals surface area contributed by atoms with Gasteiger partial charge in [0.1, 0.15) is 11.9 Å². The van der Waals surface area contributed by atoms with Crippen molar-refractivity contribution in [2.75, 3.05) is 5.73 Å². The van der Waals surface area contributed by atoms with E-state index in [0.717, 1.165) is 37.2 Å². The van der Waals surface area contributed by atoms with Gasteiger partial charge in [-0.15, -0.1) is 0 Å². The van der Waals surface area contributed by atoms with Gasteiger partial charge in [0.25, 0.3) is 0 Å². The molecule has 0 spiro atoms. The predicted octanol–water partition coefficient (Wildman–Crippen LogP) is 2.24. The van der Waals surface area contributed by atoms with Gasteiger partial charge in [-0.25, -0.2) is 4.98 Å². The van der Waals surface area contributed by atoms with Gasteiger partial charge in [-0.2, -0.15) is 5.26 Å². The molecule has 2 aromatic heterocycles. The molecule has 0 saturated heterocycles. The van der Waals surface area contributed by atoms with Crippen LogP contribution in [0.1, 0.15) is 29.7 Å². The van der Waals surface area contributed by atoms with Gasteiger partial charge < -0.3 is 14.9 Å². The van der Waals surface area contributed by atoms with Crippen LogP contribution in [0.5, 0.6) is 0 Å². The van der Waals surface area contributed by atoms with Crippen molar-refractivity contribution in [3.8, 4) is 6.07 Å². The van der Waals surface area contributed by atoms with Gasteiger partial charge in [0.2, 0.25) is 0 Å². The summed E-state index contributed by atoms with van der Waals surface area (Å²) in [6.45, 7) is 5.79. The Balaban J connectivity index is 1.95. The molecule has 2 heterocycles. The lowest BCUT2D eigenvalue weighted by Gasteiger charge is -2.09. The molecule has 2 rings (SSSR count). The highest BCUT2D eigenvalue weighted by Gasteiger charge is 2.14. The van der Waals surface area contributed by atoms with Crippen molar-refractivity contribution in [1.29, 1.82) is 5.26 Å². The maximum atomic E-state index is 9.08. The van der Waals surface area contributed by atoms with Crippen LogP contribution in [0, 0.1) is 25.2 Å². The molecule has 0 amide bonds. The van der Waals surface area contributed by atoms with E-state index in [9.17, 15) is 0 Å². The average molecular weight is 257 g/mol. The highest BCUT2D eigenvalue weighted by Crippen LogP contribution is 2.23. The van der Waals surface area contributed by atoms with Crippen LogP contribution in [-0.2, 0) is 13.1 Å². The Morgan fingerprint density at radius 1 is 1.32 bits per heavy atom. The molecule has 0 fully saturated rings.